The zero-order valence-electron chi connectivity index (χ0n) is 11.0. The van der Waals surface area contributed by atoms with Crippen LogP contribution in [-0.4, -0.2) is 24.4 Å². The van der Waals surface area contributed by atoms with Crippen LogP contribution in [0.4, 0.5) is 0 Å². The third-order valence-electron chi connectivity index (χ3n) is 2.59. The Balaban J connectivity index is 2.58. The predicted octanol–water partition coefficient (Wildman–Crippen LogP) is 3.17. The molecule has 0 fully saturated rings. The zero-order valence-corrected chi connectivity index (χ0v) is 12.7. The second kappa shape index (κ2) is 4.89. The maximum atomic E-state index is 5.31. The highest BCUT2D eigenvalue weighted by Crippen LogP contribution is 2.29. The normalized spacial score (nSPS) is 12.0. The van der Waals surface area contributed by atoms with E-state index in [1.165, 1.54) is 11.5 Å². The van der Waals surface area contributed by atoms with Crippen LogP contribution in [0.3, 0.4) is 0 Å². The molecule has 0 atom stereocenters. The van der Waals surface area contributed by atoms with Gasteiger partial charge in [-0.1, -0.05) is 17.8 Å². The number of hydrogen-bond donors (Lipinski definition) is 1. The van der Waals surface area contributed by atoms with Crippen molar-refractivity contribution in [3.63, 3.8) is 0 Å². The first-order valence-electron chi connectivity index (χ1n) is 5.94. The summed E-state index contributed by atoms with van der Waals surface area (Å²) in [5.41, 5.74) is 0.884. The van der Waals surface area contributed by atoms with Gasteiger partial charge in [-0.15, -0.1) is 5.10 Å². The Morgan fingerprint density at radius 1 is 1.39 bits per heavy atom. The molecule has 0 radical (unpaired) electrons. The lowest BCUT2D eigenvalue weighted by molar-refractivity contribution is 0.395. The molecule has 0 amide bonds. The number of rotatable bonds is 3. The molecular formula is C11H17N5S2. The van der Waals surface area contributed by atoms with Crippen LogP contribution in [0.25, 0.3) is 10.7 Å². The van der Waals surface area contributed by atoms with E-state index in [0.717, 1.165) is 29.2 Å². The molecule has 98 valence electrons. The number of hydrogen-bond acceptors (Lipinski definition) is 5. The summed E-state index contributed by atoms with van der Waals surface area (Å²) < 4.78 is 6.70. The minimum Gasteiger partial charge on any atom is -0.294 e. The average Bonchev–Trinajstić information content (AvgIpc) is 2.83. The summed E-state index contributed by atoms with van der Waals surface area (Å²) in [6.45, 7) is 8.45. The van der Waals surface area contributed by atoms with Gasteiger partial charge in [-0.05, 0) is 50.9 Å². The molecule has 18 heavy (non-hydrogen) atoms. The first-order chi connectivity index (χ1) is 8.45. The van der Waals surface area contributed by atoms with Crippen molar-refractivity contribution in [2.45, 2.75) is 46.1 Å². The number of H-pyrrole nitrogens is 1. The third-order valence-corrected chi connectivity index (χ3v) is 3.63. The molecule has 2 heterocycles. The summed E-state index contributed by atoms with van der Waals surface area (Å²) in [4.78, 5) is 1.01. The van der Waals surface area contributed by atoms with Crippen LogP contribution in [0.1, 0.15) is 39.8 Å². The van der Waals surface area contributed by atoms with Crippen LogP contribution in [0.5, 0.6) is 0 Å². The summed E-state index contributed by atoms with van der Waals surface area (Å²) in [5, 5.41) is 11.4. The lowest BCUT2D eigenvalue weighted by atomic mass is 10.1. The largest absolute Gasteiger partial charge is 0.294 e. The van der Waals surface area contributed by atoms with Crippen molar-refractivity contribution in [3.8, 4) is 10.7 Å². The SMILES string of the molecule is CCCc1nnsc1-c1n[nH]c(=S)n1C(C)(C)C. The van der Waals surface area contributed by atoms with Gasteiger partial charge in [0.15, 0.2) is 10.6 Å². The molecule has 0 unspecified atom stereocenters. The van der Waals surface area contributed by atoms with Crippen LogP contribution in [0.15, 0.2) is 0 Å². The van der Waals surface area contributed by atoms with Gasteiger partial charge in [-0.2, -0.15) is 5.10 Å². The Bertz CT molecular complexity index is 587. The van der Waals surface area contributed by atoms with Gasteiger partial charge >= 0.3 is 0 Å². The van der Waals surface area contributed by atoms with Gasteiger partial charge in [0.25, 0.3) is 0 Å². The van der Waals surface area contributed by atoms with Gasteiger partial charge in [0.05, 0.1) is 5.69 Å². The van der Waals surface area contributed by atoms with Crippen molar-refractivity contribution in [1.82, 2.24) is 24.4 Å². The summed E-state index contributed by atoms with van der Waals surface area (Å²) in [7, 11) is 0. The van der Waals surface area contributed by atoms with Crippen molar-refractivity contribution >= 4 is 23.8 Å². The van der Waals surface area contributed by atoms with Crippen molar-refractivity contribution < 1.29 is 0 Å². The minimum absolute atomic E-state index is 0.118. The number of aromatic amines is 1. The highest BCUT2D eigenvalue weighted by Gasteiger charge is 2.23. The van der Waals surface area contributed by atoms with Gasteiger partial charge in [0, 0.05) is 5.54 Å². The maximum Gasteiger partial charge on any atom is 0.195 e. The van der Waals surface area contributed by atoms with E-state index in [-0.39, 0.29) is 5.54 Å². The van der Waals surface area contributed by atoms with Gasteiger partial charge < -0.3 is 0 Å². The monoisotopic (exact) mass is 283 g/mol. The Hall–Kier alpha value is -1.08. The number of nitrogens with one attached hydrogen (secondary N) is 1. The molecule has 0 aliphatic carbocycles. The highest BCUT2D eigenvalue weighted by molar-refractivity contribution is 7.71. The number of nitrogens with zero attached hydrogens (tertiary/aromatic N) is 4. The molecule has 0 aromatic carbocycles. The van der Waals surface area contributed by atoms with E-state index < -0.39 is 0 Å². The number of aromatic nitrogens is 5. The fraction of sp³-hybridized carbons (Fsp3) is 0.636. The molecule has 2 aromatic heterocycles. The van der Waals surface area contributed by atoms with E-state index in [0.29, 0.717) is 4.77 Å². The summed E-state index contributed by atoms with van der Waals surface area (Å²) in [6.07, 6.45) is 1.95. The minimum atomic E-state index is -0.118. The van der Waals surface area contributed by atoms with Crippen LogP contribution >= 0.6 is 23.8 Å². The molecule has 0 saturated carbocycles. The topological polar surface area (TPSA) is 59.4 Å². The summed E-state index contributed by atoms with van der Waals surface area (Å²) >= 11 is 6.69. The van der Waals surface area contributed by atoms with E-state index >= 15 is 0 Å². The van der Waals surface area contributed by atoms with Crippen LogP contribution in [0.2, 0.25) is 0 Å². The van der Waals surface area contributed by atoms with Gasteiger partial charge in [-0.3, -0.25) is 9.67 Å². The van der Waals surface area contributed by atoms with Crippen LogP contribution in [-0.2, 0) is 12.0 Å². The highest BCUT2D eigenvalue weighted by atomic mass is 32.1. The van der Waals surface area contributed by atoms with Crippen molar-refractivity contribution in [1.29, 1.82) is 0 Å². The molecule has 1 N–H and O–H groups in total. The lowest BCUT2D eigenvalue weighted by Crippen LogP contribution is -2.23. The van der Waals surface area contributed by atoms with E-state index in [4.69, 9.17) is 12.2 Å². The first kappa shape index (κ1) is 13.4. The first-order valence-corrected chi connectivity index (χ1v) is 7.12. The fourth-order valence-electron chi connectivity index (χ4n) is 1.85. The quantitative estimate of drug-likeness (QED) is 0.879. The Labute approximate surface area is 115 Å². The smallest absolute Gasteiger partial charge is 0.195 e. The molecule has 7 heteroatoms. The second-order valence-electron chi connectivity index (χ2n) is 5.16. The summed E-state index contributed by atoms with van der Waals surface area (Å²) in [6, 6.07) is 0. The fourth-order valence-corrected chi connectivity index (χ4v) is 2.94. The molecule has 5 nitrogen and oxygen atoms in total. The lowest BCUT2D eigenvalue weighted by Gasteiger charge is -2.22. The van der Waals surface area contributed by atoms with Gasteiger partial charge in [0.1, 0.15) is 4.88 Å². The molecule has 0 bridgehead atoms. The average molecular weight is 283 g/mol. The predicted molar refractivity (Wildman–Crippen MR) is 75.3 cm³/mol. The molecule has 2 rings (SSSR count). The van der Waals surface area contributed by atoms with E-state index in [1.54, 1.807) is 0 Å². The molecule has 0 aliphatic rings. The van der Waals surface area contributed by atoms with Crippen molar-refractivity contribution in [2.24, 2.45) is 0 Å². The summed E-state index contributed by atoms with van der Waals surface area (Å²) in [5.74, 6) is 0.839. The van der Waals surface area contributed by atoms with Crippen molar-refractivity contribution in [2.75, 3.05) is 0 Å². The Morgan fingerprint density at radius 3 is 2.72 bits per heavy atom. The molecular weight excluding hydrogens is 266 g/mol. The number of aryl methyl sites for hydroxylation is 1. The van der Waals surface area contributed by atoms with E-state index in [9.17, 15) is 0 Å². The Morgan fingerprint density at radius 2 is 2.11 bits per heavy atom. The maximum absolute atomic E-state index is 5.31. The van der Waals surface area contributed by atoms with E-state index in [2.05, 4.69) is 47.5 Å². The Kier molecular flexibility index (Phi) is 3.63. The molecule has 0 aliphatic heterocycles. The second-order valence-corrected chi connectivity index (χ2v) is 6.30. The van der Waals surface area contributed by atoms with Gasteiger partial charge in [-0.25, -0.2) is 0 Å². The molecule has 2 aromatic rings. The van der Waals surface area contributed by atoms with E-state index in [1.807, 2.05) is 4.57 Å². The van der Waals surface area contributed by atoms with Crippen LogP contribution in [0, 0.1) is 4.77 Å². The van der Waals surface area contributed by atoms with Crippen LogP contribution < -0.4 is 0 Å². The van der Waals surface area contributed by atoms with Gasteiger partial charge in [0.2, 0.25) is 0 Å². The van der Waals surface area contributed by atoms with Crippen molar-refractivity contribution in [3.05, 3.63) is 10.5 Å². The molecule has 0 saturated heterocycles. The zero-order chi connectivity index (χ0) is 13.3. The standard InChI is InChI=1S/C11H17N5S2/c1-5-6-7-8(18-15-12-7)9-13-14-10(17)16(9)11(2,3)4/h5-6H2,1-4H3,(H,14,17). The third kappa shape index (κ3) is 2.37. The molecule has 0 spiro atoms.